The number of hydrogen-bond acceptors (Lipinski definition) is 3. The van der Waals surface area contributed by atoms with E-state index in [-0.39, 0.29) is 4.90 Å². The molecule has 0 spiro atoms. The van der Waals surface area contributed by atoms with Gasteiger partial charge in [-0.05, 0) is 35.9 Å². The standard InChI is InChI=1S/C13H10FNO2S/c14-12-3-1-2-4-13(12)18(16,17)10-7-11-5-8-15-9-6-11/h1-10H/b10-7+. The molecule has 2 aromatic rings. The monoisotopic (exact) mass is 263 g/mol. The van der Waals surface area contributed by atoms with Gasteiger partial charge in [-0.15, -0.1) is 0 Å². The van der Waals surface area contributed by atoms with Crippen LogP contribution in [0.2, 0.25) is 0 Å². The summed E-state index contributed by atoms with van der Waals surface area (Å²) < 4.78 is 37.2. The summed E-state index contributed by atoms with van der Waals surface area (Å²) in [4.78, 5) is 3.49. The van der Waals surface area contributed by atoms with E-state index in [4.69, 9.17) is 0 Å². The second-order valence-corrected chi connectivity index (χ2v) is 5.36. The molecule has 0 unspecified atom stereocenters. The summed E-state index contributed by atoms with van der Waals surface area (Å²) in [6, 6.07) is 8.60. The molecule has 0 aliphatic carbocycles. The fraction of sp³-hybridized carbons (Fsp3) is 0. The summed E-state index contributed by atoms with van der Waals surface area (Å²) in [5, 5.41) is 0.987. The first-order valence-electron chi connectivity index (χ1n) is 5.17. The van der Waals surface area contributed by atoms with Gasteiger partial charge in [0, 0.05) is 17.8 Å². The minimum absolute atomic E-state index is 0.324. The zero-order valence-electron chi connectivity index (χ0n) is 9.32. The Morgan fingerprint density at radius 2 is 1.72 bits per heavy atom. The van der Waals surface area contributed by atoms with E-state index in [0.717, 1.165) is 11.5 Å². The number of halogens is 1. The van der Waals surface area contributed by atoms with Crippen LogP contribution >= 0.6 is 0 Å². The van der Waals surface area contributed by atoms with E-state index in [0.29, 0.717) is 5.56 Å². The van der Waals surface area contributed by atoms with Crippen molar-refractivity contribution in [2.24, 2.45) is 0 Å². The number of rotatable bonds is 3. The third-order valence-corrected chi connectivity index (χ3v) is 3.73. The zero-order chi connectivity index (χ0) is 13.0. The van der Waals surface area contributed by atoms with Crippen LogP contribution in [0.3, 0.4) is 0 Å². The summed E-state index contributed by atoms with van der Waals surface area (Å²) in [5.41, 5.74) is 0.685. The predicted octanol–water partition coefficient (Wildman–Crippen LogP) is 2.67. The Labute approximate surface area is 105 Å². The smallest absolute Gasteiger partial charge is 0.202 e. The molecule has 0 amide bonds. The van der Waals surface area contributed by atoms with Crippen LogP contribution in [-0.4, -0.2) is 13.4 Å². The Bertz CT molecular complexity index is 666. The van der Waals surface area contributed by atoms with Crippen molar-refractivity contribution in [3.8, 4) is 0 Å². The molecule has 0 atom stereocenters. The van der Waals surface area contributed by atoms with Gasteiger partial charge in [-0.3, -0.25) is 4.98 Å². The van der Waals surface area contributed by atoms with Crippen molar-refractivity contribution in [3.05, 3.63) is 65.6 Å². The van der Waals surface area contributed by atoms with Crippen LogP contribution in [0.25, 0.3) is 6.08 Å². The topological polar surface area (TPSA) is 47.0 Å². The maximum absolute atomic E-state index is 13.4. The number of benzene rings is 1. The molecular formula is C13H10FNO2S. The number of nitrogens with zero attached hydrogens (tertiary/aromatic N) is 1. The largest absolute Gasteiger partial charge is 0.265 e. The van der Waals surface area contributed by atoms with Gasteiger partial charge in [0.05, 0.1) is 0 Å². The molecule has 0 aliphatic rings. The van der Waals surface area contributed by atoms with E-state index >= 15 is 0 Å². The van der Waals surface area contributed by atoms with Gasteiger partial charge in [0.25, 0.3) is 0 Å². The van der Waals surface area contributed by atoms with Crippen molar-refractivity contribution in [1.82, 2.24) is 4.98 Å². The van der Waals surface area contributed by atoms with Crippen molar-refractivity contribution < 1.29 is 12.8 Å². The fourth-order valence-electron chi connectivity index (χ4n) is 1.39. The Kier molecular flexibility index (Phi) is 3.53. The number of hydrogen-bond donors (Lipinski definition) is 0. The van der Waals surface area contributed by atoms with E-state index in [1.807, 2.05) is 0 Å². The van der Waals surface area contributed by atoms with Crippen LogP contribution in [0.15, 0.2) is 59.1 Å². The lowest BCUT2D eigenvalue weighted by Crippen LogP contribution is -1.99. The fourth-order valence-corrected chi connectivity index (χ4v) is 2.48. The Morgan fingerprint density at radius 1 is 1.06 bits per heavy atom. The van der Waals surface area contributed by atoms with Gasteiger partial charge in [-0.25, -0.2) is 12.8 Å². The van der Waals surface area contributed by atoms with E-state index in [9.17, 15) is 12.8 Å². The van der Waals surface area contributed by atoms with E-state index < -0.39 is 15.7 Å². The third kappa shape index (κ3) is 2.81. The lowest BCUT2D eigenvalue weighted by molar-refractivity contribution is 0.572. The molecule has 1 heterocycles. The van der Waals surface area contributed by atoms with Crippen molar-refractivity contribution in [1.29, 1.82) is 0 Å². The first kappa shape index (κ1) is 12.4. The third-order valence-electron chi connectivity index (χ3n) is 2.29. The highest BCUT2D eigenvalue weighted by Gasteiger charge is 2.14. The molecule has 92 valence electrons. The van der Waals surface area contributed by atoms with Crippen LogP contribution in [0.5, 0.6) is 0 Å². The second-order valence-electron chi connectivity index (χ2n) is 3.56. The first-order chi connectivity index (χ1) is 8.59. The molecule has 0 fully saturated rings. The van der Waals surface area contributed by atoms with Crippen LogP contribution < -0.4 is 0 Å². The summed E-state index contributed by atoms with van der Waals surface area (Å²) in [7, 11) is -3.77. The quantitative estimate of drug-likeness (QED) is 0.855. The molecule has 1 aromatic heterocycles. The molecule has 0 N–H and O–H groups in total. The summed E-state index contributed by atoms with van der Waals surface area (Å²) in [6.45, 7) is 0. The number of aromatic nitrogens is 1. The average molecular weight is 263 g/mol. The zero-order valence-corrected chi connectivity index (χ0v) is 10.1. The molecule has 0 bridgehead atoms. The molecule has 18 heavy (non-hydrogen) atoms. The van der Waals surface area contributed by atoms with Crippen molar-refractivity contribution in [3.63, 3.8) is 0 Å². The highest BCUT2D eigenvalue weighted by molar-refractivity contribution is 7.94. The molecule has 2 rings (SSSR count). The first-order valence-corrected chi connectivity index (χ1v) is 6.72. The molecule has 0 saturated heterocycles. The summed E-state index contributed by atoms with van der Waals surface area (Å²) >= 11 is 0. The van der Waals surface area contributed by atoms with Gasteiger partial charge in [0.1, 0.15) is 10.7 Å². The summed E-state index contributed by atoms with van der Waals surface area (Å²) in [5.74, 6) is -0.753. The minimum Gasteiger partial charge on any atom is -0.265 e. The summed E-state index contributed by atoms with van der Waals surface area (Å²) in [6.07, 6.45) is 4.51. The maximum atomic E-state index is 13.4. The Hall–Kier alpha value is -2.01. The van der Waals surface area contributed by atoms with Crippen LogP contribution in [0, 0.1) is 5.82 Å². The SMILES string of the molecule is O=S(=O)(/C=C/c1ccncc1)c1ccccc1F. The Balaban J connectivity index is 2.34. The lowest BCUT2D eigenvalue weighted by atomic mass is 10.3. The predicted molar refractivity (Wildman–Crippen MR) is 66.9 cm³/mol. The van der Waals surface area contributed by atoms with Gasteiger partial charge < -0.3 is 0 Å². The number of sulfone groups is 1. The highest BCUT2D eigenvalue weighted by atomic mass is 32.2. The number of pyridine rings is 1. The van der Waals surface area contributed by atoms with Crippen LogP contribution in [0.4, 0.5) is 4.39 Å². The molecule has 0 aliphatic heterocycles. The van der Waals surface area contributed by atoms with E-state index in [1.54, 1.807) is 24.5 Å². The van der Waals surface area contributed by atoms with Crippen LogP contribution in [0.1, 0.15) is 5.56 Å². The van der Waals surface area contributed by atoms with Crippen LogP contribution in [-0.2, 0) is 9.84 Å². The normalized spacial score (nSPS) is 11.8. The molecule has 1 aromatic carbocycles. The van der Waals surface area contributed by atoms with E-state index in [2.05, 4.69) is 4.98 Å². The average Bonchev–Trinajstić information content (AvgIpc) is 2.38. The molecule has 0 radical (unpaired) electrons. The lowest BCUT2D eigenvalue weighted by Gasteiger charge is -2.00. The van der Waals surface area contributed by atoms with Gasteiger partial charge in [0.15, 0.2) is 0 Å². The Morgan fingerprint density at radius 3 is 2.39 bits per heavy atom. The van der Waals surface area contributed by atoms with Crippen molar-refractivity contribution in [2.75, 3.05) is 0 Å². The van der Waals surface area contributed by atoms with E-state index in [1.165, 1.54) is 24.3 Å². The molecule has 0 saturated carbocycles. The van der Waals surface area contributed by atoms with Crippen molar-refractivity contribution in [2.45, 2.75) is 4.90 Å². The van der Waals surface area contributed by atoms with Gasteiger partial charge in [-0.1, -0.05) is 12.1 Å². The van der Waals surface area contributed by atoms with Gasteiger partial charge >= 0.3 is 0 Å². The maximum Gasteiger partial charge on any atom is 0.202 e. The highest BCUT2D eigenvalue weighted by Crippen LogP contribution is 2.17. The molecule has 3 nitrogen and oxygen atoms in total. The molecular weight excluding hydrogens is 253 g/mol. The second kappa shape index (κ2) is 5.10. The molecule has 5 heteroatoms. The minimum atomic E-state index is -3.77. The van der Waals surface area contributed by atoms with Crippen molar-refractivity contribution >= 4 is 15.9 Å². The van der Waals surface area contributed by atoms with Gasteiger partial charge in [-0.2, -0.15) is 0 Å². The van der Waals surface area contributed by atoms with Gasteiger partial charge in [0.2, 0.25) is 9.84 Å².